The van der Waals surface area contributed by atoms with Gasteiger partial charge in [0, 0.05) is 0 Å². The van der Waals surface area contributed by atoms with E-state index in [9.17, 15) is 13.2 Å². The number of benzene rings is 1. The summed E-state index contributed by atoms with van der Waals surface area (Å²) in [6.07, 6.45) is 13.2. The van der Waals surface area contributed by atoms with Crippen molar-refractivity contribution in [3.63, 3.8) is 0 Å². The van der Waals surface area contributed by atoms with Crippen LogP contribution in [0.4, 0.5) is 13.2 Å². The first-order valence-corrected chi connectivity index (χ1v) is 10.1. The van der Waals surface area contributed by atoms with Crippen molar-refractivity contribution in [2.45, 2.75) is 84.5 Å². The molecular formula is C22H33F3. The quantitative estimate of drug-likeness (QED) is 0.404. The number of halogens is 3. The highest BCUT2D eigenvalue weighted by Gasteiger charge is 2.19. The third kappa shape index (κ3) is 6.67. The second kappa shape index (κ2) is 10.2. The summed E-state index contributed by atoms with van der Waals surface area (Å²) in [7, 11) is 0. The molecule has 0 spiro atoms. The molecule has 0 radical (unpaired) electrons. The van der Waals surface area contributed by atoms with Crippen LogP contribution in [0.1, 0.15) is 83.6 Å². The third-order valence-corrected chi connectivity index (χ3v) is 5.94. The average molecular weight is 355 g/mol. The molecule has 1 atom stereocenters. The van der Waals surface area contributed by atoms with Crippen molar-refractivity contribution in [1.29, 1.82) is 0 Å². The number of hydrogen-bond acceptors (Lipinski definition) is 0. The fraction of sp³-hybridized carbons (Fsp3) is 0.727. The molecule has 1 saturated carbocycles. The minimum absolute atomic E-state index is 0.563. The molecule has 0 N–H and O–H groups in total. The van der Waals surface area contributed by atoms with E-state index in [-0.39, 0.29) is 0 Å². The Morgan fingerprint density at radius 1 is 0.960 bits per heavy atom. The van der Waals surface area contributed by atoms with E-state index in [0.717, 1.165) is 36.8 Å². The zero-order valence-corrected chi connectivity index (χ0v) is 15.8. The summed E-state index contributed by atoms with van der Waals surface area (Å²) in [4.78, 5) is 0. The topological polar surface area (TPSA) is 0 Å². The van der Waals surface area contributed by atoms with Crippen LogP contribution in [0.5, 0.6) is 0 Å². The maximum atomic E-state index is 13.3. The lowest BCUT2D eigenvalue weighted by Gasteiger charge is -2.27. The highest BCUT2D eigenvalue weighted by atomic mass is 19.2. The van der Waals surface area contributed by atoms with Gasteiger partial charge >= 0.3 is 0 Å². The zero-order chi connectivity index (χ0) is 18.2. The molecule has 0 amide bonds. The molecule has 0 nitrogen and oxygen atoms in total. The van der Waals surface area contributed by atoms with Crippen LogP contribution in [0.25, 0.3) is 0 Å². The maximum Gasteiger partial charge on any atom is 0.194 e. The molecule has 1 fully saturated rings. The van der Waals surface area contributed by atoms with Gasteiger partial charge in [-0.05, 0) is 48.3 Å². The van der Waals surface area contributed by atoms with Gasteiger partial charge in [0.1, 0.15) is 0 Å². The molecular weight excluding hydrogens is 321 g/mol. The number of hydrogen-bond donors (Lipinski definition) is 0. The minimum Gasteiger partial charge on any atom is -0.204 e. The minimum atomic E-state index is -1.37. The molecule has 1 unspecified atom stereocenters. The summed E-state index contributed by atoms with van der Waals surface area (Å²) in [5.74, 6) is -1.01. The summed E-state index contributed by atoms with van der Waals surface area (Å²) in [5, 5.41) is 0. The molecule has 1 aliphatic carbocycles. The van der Waals surface area contributed by atoms with E-state index in [1.165, 1.54) is 51.4 Å². The summed E-state index contributed by atoms with van der Waals surface area (Å²) in [5.41, 5.74) is 0.563. The van der Waals surface area contributed by atoms with Crippen molar-refractivity contribution >= 4 is 0 Å². The average Bonchev–Trinajstić information content (AvgIpc) is 2.59. The molecule has 0 aromatic heterocycles. The Balaban J connectivity index is 1.75. The van der Waals surface area contributed by atoms with Crippen LogP contribution in [0.15, 0.2) is 12.1 Å². The van der Waals surface area contributed by atoms with Crippen LogP contribution >= 0.6 is 0 Å². The Bertz CT molecular complexity index is 495. The lowest BCUT2D eigenvalue weighted by atomic mass is 9.79. The van der Waals surface area contributed by atoms with Gasteiger partial charge in [-0.3, -0.25) is 0 Å². The fourth-order valence-electron chi connectivity index (χ4n) is 4.28. The highest BCUT2D eigenvalue weighted by molar-refractivity contribution is 5.19. The molecule has 1 aromatic rings. The summed E-state index contributed by atoms with van der Waals surface area (Å²) in [6.45, 7) is 4.58. The predicted molar refractivity (Wildman–Crippen MR) is 98.0 cm³/mol. The summed E-state index contributed by atoms with van der Waals surface area (Å²) in [6, 6.07) is 2.27. The monoisotopic (exact) mass is 354 g/mol. The lowest BCUT2D eigenvalue weighted by molar-refractivity contribution is 0.253. The van der Waals surface area contributed by atoms with Gasteiger partial charge in [0.25, 0.3) is 0 Å². The van der Waals surface area contributed by atoms with Crippen LogP contribution in [0.3, 0.4) is 0 Å². The van der Waals surface area contributed by atoms with Crippen molar-refractivity contribution < 1.29 is 13.2 Å². The van der Waals surface area contributed by atoms with Gasteiger partial charge in [-0.25, -0.2) is 13.2 Å². The zero-order valence-electron chi connectivity index (χ0n) is 15.8. The van der Waals surface area contributed by atoms with Gasteiger partial charge in [-0.2, -0.15) is 0 Å². The first-order chi connectivity index (χ1) is 12.0. The summed E-state index contributed by atoms with van der Waals surface area (Å²) >= 11 is 0. The van der Waals surface area contributed by atoms with E-state index in [0.29, 0.717) is 17.9 Å². The Kier molecular flexibility index (Phi) is 8.32. The number of aryl methyl sites for hydroxylation is 1. The Hall–Kier alpha value is -0.990. The first kappa shape index (κ1) is 20.3. The normalized spacial score (nSPS) is 22.1. The largest absolute Gasteiger partial charge is 0.204 e. The molecule has 3 heteroatoms. The van der Waals surface area contributed by atoms with Gasteiger partial charge < -0.3 is 0 Å². The van der Waals surface area contributed by atoms with E-state index < -0.39 is 17.5 Å². The molecule has 142 valence electrons. The van der Waals surface area contributed by atoms with Crippen molar-refractivity contribution in [3.8, 4) is 0 Å². The second-order valence-electron chi connectivity index (χ2n) is 8.12. The van der Waals surface area contributed by atoms with Crippen LogP contribution in [0.2, 0.25) is 0 Å². The smallest absolute Gasteiger partial charge is 0.194 e. The SMILES string of the molecule is CCCC(CCCc1cc(F)c(F)c(F)c1)CCC1CCC(C)CC1. The Morgan fingerprint density at radius 2 is 1.60 bits per heavy atom. The molecule has 1 aromatic carbocycles. The predicted octanol–water partition coefficient (Wildman–Crippen LogP) is 7.45. The maximum absolute atomic E-state index is 13.3. The van der Waals surface area contributed by atoms with Crippen molar-refractivity contribution in [1.82, 2.24) is 0 Å². The van der Waals surface area contributed by atoms with Crippen LogP contribution in [0, 0.1) is 35.2 Å². The van der Waals surface area contributed by atoms with Gasteiger partial charge in [-0.15, -0.1) is 0 Å². The van der Waals surface area contributed by atoms with E-state index in [1.54, 1.807) is 0 Å². The van der Waals surface area contributed by atoms with Crippen molar-refractivity contribution in [3.05, 3.63) is 35.1 Å². The van der Waals surface area contributed by atoms with E-state index in [2.05, 4.69) is 13.8 Å². The highest BCUT2D eigenvalue weighted by Crippen LogP contribution is 2.33. The molecule has 0 saturated heterocycles. The van der Waals surface area contributed by atoms with Gasteiger partial charge in [-0.1, -0.05) is 71.6 Å². The van der Waals surface area contributed by atoms with Gasteiger partial charge in [0.2, 0.25) is 0 Å². The fourth-order valence-corrected chi connectivity index (χ4v) is 4.28. The molecule has 0 bridgehead atoms. The summed E-state index contributed by atoms with van der Waals surface area (Å²) < 4.78 is 39.6. The lowest BCUT2D eigenvalue weighted by Crippen LogP contribution is -2.14. The van der Waals surface area contributed by atoms with Crippen molar-refractivity contribution in [2.75, 3.05) is 0 Å². The Labute approximate surface area is 151 Å². The van der Waals surface area contributed by atoms with Gasteiger partial charge in [0.15, 0.2) is 17.5 Å². The van der Waals surface area contributed by atoms with E-state index in [4.69, 9.17) is 0 Å². The molecule has 25 heavy (non-hydrogen) atoms. The standard InChI is InChI=1S/C22H33F3/c1-3-5-17(12-13-18-10-8-16(2)9-11-18)6-4-7-19-14-20(23)22(25)21(24)15-19/h14-18H,3-13H2,1-2H3. The molecule has 0 aliphatic heterocycles. The molecule has 2 rings (SSSR count). The second-order valence-corrected chi connectivity index (χ2v) is 8.12. The molecule has 0 heterocycles. The molecule has 1 aliphatic rings. The van der Waals surface area contributed by atoms with Crippen LogP contribution in [-0.2, 0) is 6.42 Å². The first-order valence-electron chi connectivity index (χ1n) is 10.1. The number of rotatable bonds is 9. The van der Waals surface area contributed by atoms with Crippen LogP contribution in [-0.4, -0.2) is 0 Å². The van der Waals surface area contributed by atoms with E-state index in [1.807, 2.05) is 0 Å². The van der Waals surface area contributed by atoms with E-state index >= 15 is 0 Å². The Morgan fingerprint density at radius 3 is 2.20 bits per heavy atom. The third-order valence-electron chi connectivity index (χ3n) is 5.94. The van der Waals surface area contributed by atoms with Crippen LogP contribution < -0.4 is 0 Å². The van der Waals surface area contributed by atoms with Gasteiger partial charge in [0.05, 0.1) is 0 Å². The van der Waals surface area contributed by atoms with Crippen molar-refractivity contribution in [2.24, 2.45) is 17.8 Å².